The molecule has 0 heterocycles. The summed E-state index contributed by atoms with van der Waals surface area (Å²) in [4.78, 5) is 2.16. The standard InChI is InChI=1S/C18H24N2O/c1-13-9-15(10-14(2)18(13)21)11-19-17-8-6-5-7-16(17)12-20(3)4/h5-10,19,21H,11-12H2,1-4H3. The fourth-order valence-electron chi connectivity index (χ4n) is 2.52. The fourth-order valence-corrected chi connectivity index (χ4v) is 2.52. The van der Waals surface area contributed by atoms with Gasteiger partial charge in [0.15, 0.2) is 0 Å². The van der Waals surface area contributed by atoms with E-state index in [-0.39, 0.29) is 0 Å². The van der Waals surface area contributed by atoms with E-state index in [0.29, 0.717) is 5.75 Å². The Morgan fingerprint density at radius 1 is 1.05 bits per heavy atom. The Labute approximate surface area is 127 Å². The lowest BCUT2D eigenvalue weighted by atomic mass is 10.1. The maximum absolute atomic E-state index is 9.83. The zero-order valence-corrected chi connectivity index (χ0v) is 13.3. The number of hydrogen-bond donors (Lipinski definition) is 2. The molecule has 2 aromatic carbocycles. The van der Waals surface area contributed by atoms with Gasteiger partial charge in [0.1, 0.15) is 5.75 Å². The molecule has 2 N–H and O–H groups in total. The summed E-state index contributed by atoms with van der Waals surface area (Å²) >= 11 is 0. The smallest absolute Gasteiger partial charge is 0.121 e. The van der Waals surface area contributed by atoms with Gasteiger partial charge in [0, 0.05) is 18.8 Å². The van der Waals surface area contributed by atoms with Crippen LogP contribution in [0.2, 0.25) is 0 Å². The highest BCUT2D eigenvalue weighted by Crippen LogP contribution is 2.24. The molecule has 0 aliphatic heterocycles. The number of aryl methyl sites for hydroxylation is 2. The van der Waals surface area contributed by atoms with Crippen LogP contribution in [-0.2, 0) is 13.1 Å². The van der Waals surface area contributed by atoms with Crippen molar-refractivity contribution < 1.29 is 5.11 Å². The van der Waals surface area contributed by atoms with Crippen LogP contribution >= 0.6 is 0 Å². The maximum Gasteiger partial charge on any atom is 0.121 e. The largest absolute Gasteiger partial charge is 0.507 e. The molecular weight excluding hydrogens is 260 g/mol. The van der Waals surface area contributed by atoms with Gasteiger partial charge in [0.05, 0.1) is 0 Å². The van der Waals surface area contributed by atoms with E-state index in [1.54, 1.807) is 0 Å². The molecule has 2 rings (SSSR count). The van der Waals surface area contributed by atoms with Crippen LogP contribution in [0.25, 0.3) is 0 Å². The van der Waals surface area contributed by atoms with Gasteiger partial charge in [-0.1, -0.05) is 30.3 Å². The van der Waals surface area contributed by atoms with Gasteiger partial charge in [-0.15, -0.1) is 0 Å². The van der Waals surface area contributed by atoms with E-state index in [2.05, 4.69) is 48.6 Å². The number of phenols is 1. The molecule has 0 aromatic heterocycles. The lowest BCUT2D eigenvalue weighted by Crippen LogP contribution is -2.13. The number of rotatable bonds is 5. The minimum absolute atomic E-state index is 0.395. The predicted molar refractivity (Wildman–Crippen MR) is 88.7 cm³/mol. The summed E-state index contributed by atoms with van der Waals surface area (Å²) in [6.45, 7) is 5.54. The molecule has 3 heteroatoms. The maximum atomic E-state index is 9.83. The summed E-state index contributed by atoms with van der Waals surface area (Å²) in [7, 11) is 4.15. The minimum Gasteiger partial charge on any atom is -0.507 e. The summed E-state index contributed by atoms with van der Waals surface area (Å²) in [6.07, 6.45) is 0. The van der Waals surface area contributed by atoms with E-state index in [1.807, 2.05) is 26.0 Å². The molecule has 0 spiro atoms. The Morgan fingerprint density at radius 3 is 2.29 bits per heavy atom. The molecule has 0 saturated carbocycles. The van der Waals surface area contributed by atoms with Crippen molar-refractivity contribution in [2.45, 2.75) is 26.9 Å². The molecule has 0 radical (unpaired) electrons. The lowest BCUT2D eigenvalue weighted by Gasteiger charge is -2.16. The highest BCUT2D eigenvalue weighted by molar-refractivity contribution is 5.52. The third-order valence-electron chi connectivity index (χ3n) is 3.54. The van der Waals surface area contributed by atoms with Gasteiger partial charge >= 0.3 is 0 Å². The van der Waals surface area contributed by atoms with Crippen LogP contribution in [-0.4, -0.2) is 24.1 Å². The summed E-state index contributed by atoms with van der Waals surface area (Å²) in [5.41, 5.74) is 5.48. The molecule has 112 valence electrons. The topological polar surface area (TPSA) is 35.5 Å². The molecule has 0 aliphatic rings. The molecule has 2 aromatic rings. The van der Waals surface area contributed by atoms with E-state index in [9.17, 15) is 5.11 Å². The summed E-state index contributed by atoms with van der Waals surface area (Å²) in [6, 6.07) is 12.4. The molecular formula is C18H24N2O. The van der Waals surface area contributed by atoms with Crippen LogP contribution in [0, 0.1) is 13.8 Å². The lowest BCUT2D eigenvalue weighted by molar-refractivity contribution is 0.403. The molecule has 0 aliphatic carbocycles. The Balaban J connectivity index is 2.13. The Bertz CT molecular complexity index is 597. The van der Waals surface area contributed by atoms with Crippen molar-refractivity contribution in [1.29, 1.82) is 0 Å². The van der Waals surface area contributed by atoms with Crippen molar-refractivity contribution in [3.8, 4) is 5.75 Å². The number of aromatic hydroxyl groups is 1. The molecule has 3 nitrogen and oxygen atoms in total. The number of hydrogen-bond acceptors (Lipinski definition) is 3. The van der Waals surface area contributed by atoms with Crippen LogP contribution < -0.4 is 5.32 Å². The zero-order valence-electron chi connectivity index (χ0n) is 13.3. The van der Waals surface area contributed by atoms with Crippen molar-refractivity contribution in [3.05, 3.63) is 58.7 Å². The van der Waals surface area contributed by atoms with Gasteiger partial charge in [0.25, 0.3) is 0 Å². The minimum atomic E-state index is 0.395. The van der Waals surface area contributed by atoms with Gasteiger partial charge in [-0.25, -0.2) is 0 Å². The molecule has 0 saturated heterocycles. The Kier molecular flexibility index (Phi) is 4.86. The second-order valence-electron chi connectivity index (χ2n) is 5.83. The third kappa shape index (κ3) is 3.99. The van der Waals surface area contributed by atoms with Crippen molar-refractivity contribution in [2.24, 2.45) is 0 Å². The first-order chi connectivity index (χ1) is 9.97. The van der Waals surface area contributed by atoms with Gasteiger partial charge in [-0.2, -0.15) is 0 Å². The predicted octanol–water partition coefficient (Wildman–Crippen LogP) is 3.68. The fraction of sp³-hybridized carbons (Fsp3) is 0.333. The number of para-hydroxylation sites is 1. The second kappa shape index (κ2) is 6.64. The van der Waals surface area contributed by atoms with Crippen molar-refractivity contribution >= 4 is 5.69 Å². The molecule has 0 unspecified atom stereocenters. The van der Waals surface area contributed by atoms with Crippen molar-refractivity contribution in [2.75, 3.05) is 19.4 Å². The molecule has 0 atom stereocenters. The summed E-state index contributed by atoms with van der Waals surface area (Å²) in [5.74, 6) is 0.395. The SMILES string of the molecule is Cc1cc(CNc2ccccc2CN(C)C)cc(C)c1O. The molecule has 21 heavy (non-hydrogen) atoms. The monoisotopic (exact) mass is 284 g/mol. The highest BCUT2D eigenvalue weighted by Gasteiger charge is 2.05. The van der Waals surface area contributed by atoms with Crippen molar-refractivity contribution in [1.82, 2.24) is 4.90 Å². The van der Waals surface area contributed by atoms with Gasteiger partial charge < -0.3 is 15.3 Å². The average Bonchev–Trinajstić information content (AvgIpc) is 2.43. The number of nitrogens with one attached hydrogen (secondary N) is 1. The average molecular weight is 284 g/mol. The first-order valence-electron chi connectivity index (χ1n) is 7.23. The van der Waals surface area contributed by atoms with Crippen LogP contribution in [0.15, 0.2) is 36.4 Å². The van der Waals surface area contributed by atoms with Crippen LogP contribution in [0.5, 0.6) is 5.75 Å². The summed E-state index contributed by atoms with van der Waals surface area (Å²) < 4.78 is 0. The van der Waals surface area contributed by atoms with E-state index < -0.39 is 0 Å². The van der Waals surface area contributed by atoms with Gasteiger partial charge in [-0.3, -0.25) is 0 Å². The van der Waals surface area contributed by atoms with Crippen LogP contribution in [0.3, 0.4) is 0 Å². The van der Waals surface area contributed by atoms with Gasteiger partial charge in [0.2, 0.25) is 0 Å². The highest BCUT2D eigenvalue weighted by atomic mass is 16.3. The van der Waals surface area contributed by atoms with E-state index in [4.69, 9.17) is 0 Å². The summed E-state index contributed by atoms with van der Waals surface area (Å²) in [5, 5.41) is 13.3. The Hall–Kier alpha value is -2.00. The number of nitrogens with zero attached hydrogens (tertiary/aromatic N) is 1. The first kappa shape index (κ1) is 15.4. The van der Waals surface area contributed by atoms with Crippen LogP contribution in [0.1, 0.15) is 22.3 Å². The number of phenolic OH excluding ortho intramolecular Hbond substituents is 1. The normalized spacial score (nSPS) is 10.9. The number of anilines is 1. The molecule has 0 bridgehead atoms. The van der Waals surface area contributed by atoms with E-state index in [0.717, 1.165) is 29.9 Å². The van der Waals surface area contributed by atoms with Gasteiger partial charge in [-0.05, 0) is 56.3 Å². The quantitative estimate of drug-likeness (QED) is 0.879. The molecule has 0 amide bonds. The second-order valence-corrected chi connectivity index (χ2v) is 5.83. The van der Waals surface area contributed by atoms with E-state index in [1.165, 1.54) is 11.1 Å². The zero-order chi connectivity index (χ0) is 15.4. The number of benzene rings is 2. The molecule has 0 fully saturated rings. The van der Waals surface area contributed by atoms with E-state index >= 15 is 0 Å². The first-order valence-corrected chi connectivity index (χ1v) is 7.23. The Morgan fingerprint density at radius 2 is 1.67 bits per heavy atom. The third-order valence-corrected chi connectivity index (χ3v) is 3.54. The van der Waals surface area contributed by atoms with Crippen molar-refractivity contribution in [3.63, 3.8) is 0 Å². The van der Waals surface area contributed by atoms with Crippen LogP contribution in [0.4, 0.5) is 5.69 Å².